The van der Waals surface area contributed by atoms with E-state index in [-0.39, 0.29) is 11.7 Å². The molecule has 1 amide bonds. The van der Waals surface area contributed by atoms with Crippen LogP contribution in [0.5, 0.6) is 0 Å². The predicted octanol–water partition coefficient (Wildman–Crippen LogP) is 4.41. The molecule has 0 unspecified atom stereocenters. The Bertz CT molecular complexity index is 953. The molecular formula is C20H21ClN4OS. The Hall–Kier alpha value is -2.31. The van der Waals surface area contributed by atoms with E-state index in [1.807, 2.05) is 61.9 Å². The second kappa shape index (κ2) is 8.59. The summed E-state index contributed by atoms with van der Waals surface area (Å²) < 4.78 is 1.92. The van der Waals surface area contributed by atoms with Gasteiger partial charge in [-0.15, -0.1) is 10.2 Å². The number of hydrogen-bond acceptors (Lipinski definition) is 4. The zero-order valence-electron chi connectivity index (χ0n) is 15.5. The first-order valence-electron chi connectivity index (χ1n) is 8.55. The topological polar surface area (TPSA) is 59.8 Å². The number of aromatic nitrogens is 3. The number of rotatable bonds is 6. The monoisotopic (exact) mass is 400 g/mol. The van der Waals surface area contributed by atoms with Crippen LogP contribution < -0.4 is 5.32 Å². The summed E-state index contributed by atoms with van der Waals surface area (Å²) in [6.07, 6.45) is 0.663. The molecule has 0 aliphatic carbocycles. The van der Waals surface area contributed by atoms with Crippen molar-refractivity contribution in [2.45, 2.75) is 25.4 Å². The molecule has 0 aliphatic rings. The number of nitrogens with one attached hydrogen (secondary N) is 1. The average molecular weight is 401 g/mol. The minimum Gasteiger partial charge on any atom is -0.325 e. The highest BCUT2D eigenvalue weighted by molar-refractivity contribution is 7.99. The second-order valence-corrected chi connectivity index (χ2v) is 7.80. The van der Waals surface area contributed by atoms with Crippen LogP contribution in [0.4, 0.5) is 5.69 Å². The molecule has 140 valence electrons. The molecule has 7 heteroatoms. The van der Waals surface area contributed by atoms with Gasteiger partial charge < -0.3 is 9.88 Å². The van der Waals surface area contributed by atoms with Gasteiger partial charge in [-0.1, -0.05) is 53.2 Å². The molecule has 27 heavy (non-hydrogen) atoms. The Morgan fingerprint density at radius 3 is 2.59 bits per heavy atom. The van der Waals surface area contributed by atoms with Gasteiger partial charge in [0.1, 0.15) is 5.82 Å². The van der Waals surface area contributed by atoms with Crippen molar-refractivity contribution in [2.75, 3.05) is 11.1 Å². The summed E-state index contributed by atoms with van der Waals surface area (Å²) in [6, 6.07) is 13.6. The summed E-state index contributed by atoms with van der Waals surface area (Å²) in [5, 5.41) is 12.8. The van der Waals surface area contributed by atoms with Gasteiger partial charge in [0, 0.05) is 24.2 Å². The number of hydrogen-bond donors (Lipinski definition) is 1. The van der Waals surface area contributed by atoms with E-state index in [0.717, 1.165) is 27.8 Å². The van der Waals surface area contributed by atoms with Crippen LogP contribution >= 0.6 is 23.4 Å². The van der Waals surface area contributed by atoms with Crippen molar-refractivity contribution in [1.29, 1.82) is 0 Å². The number of halogens is 1. The number of thioether (sulfide) groups is 1. The summed E-state index contributed by atoms with van der Waals surface area (Å²) in [4.78, 5) is 12.3. The molecule has 3 aromatic rings. The summed E-state index contributed by atoms with van der Waals surface area (Å²) in [6.45, 7) is 4.02. The van der Waals surface area contributed by atoms with Crippen molar-refractivity contribution in [3.05, 3.63) is 70.0 Å². The third-order valence-corrected chi connectivity index (χ3v) is 5.46. The Kier molecular flexibility index (Phi) is 6.19. The van der Waals surface area contributed by atoms with E-state index in [4.69, 9.17) is 11.6 Å². The van der Waals surface area contributed by atoms with Gasteiger partial charge in [0.25, 0.3) is 0 Å². The first-order valence-corrected chi connectivity index (χ1v) is 9.91. The quantitative estimate of drug-likeness (QED) is 0.623. The van der Waals surface area contributed by atoms with Crippen molar-refractivity contribution in [3.8, 4) is 0 Å². The lowest BCUT2D eigenvalue weighted by molar-refractivity contribution is -0.113. The molecule has 0 saturated carbocycles. The van der Waals surface area contributed by atoms with Gasteiger partial charge in [-0.25, -0.2) is 0 Å². The van der Waals surface area contributed by atoms with Crippen LogP contribution in [0, 0.1) is 13.8 Å². The van der Waals surface area contributed by atoms with Gasteiger partial charge in [-0.2, -0.15) is 0 Å². The van der Waals surface area contributed by atoms with Crippen molar-refractivity contribution >= 4 is 35.0 Å². The molecule has 0 radical (unpaired) electrons. The number of nitrogens with zero attached hydrogens (tertiary/aromatic N) is 3. The van der Waals surface area contributed by atoms with Crippen LogP contribution in [0.1, 0.15) is 22.5 Å². The molecular weight excluding hydrogens is 380 g/mol. The largest absolute Gasteiger partial charge is 0.325 e. The number of benzene rings is 2. The molecule has 2 aromatic carbocycles. The first-order chi connectivity index (χ1) is 12.9. The fourth-order valence-corrected chi connectivity index (χ4v) is 3.54. The van der Waals surface area contributed by atoms with E-state index in [9.17, 15) is 4.79 Å². The fraction of sp³-hybridized carbons (Fsp3) is 0.250. The van der Waals surface area contributed by atoms with Crippen LogP contribution in [-0.4, -0.2) is 26.4 Å². The van der Waals surface area contributed by atoms with E-state index in [0.29, 0.717) is 11.4 Å². The molecule has 0 spiro atoms. The maximum absolute atomic E-state index is 12.3. The van der Waals surface area contributed by atoms with E-state index in [1.54, 1.807) is 0 Å². The zero-order valence-corrected chi connectivity index (χ0v) is 17.1. The standard InChI is InChI=1S/C20H21ClN4OS/c1-13-4-9-17(14(2)10-13)22-19(26)12-27-20-24-23-18(25(20)3)11-15-5-7-16(21)8-6-15/h4-10H,11-12H2,1-3H3,(H,22,26). The Labute approximate surface area is 168 Å². The Morgan fingerprint density at radius 1 is 1.15 bits per heavy atom. The fourth-order valence-electron chi connectivity index (χ4n) is 2.68. The molecule has 3 rings (SSSR count). The van der Waals surface area contributed by atoms with Crippen molar-refractivity contribution < 1.29 is 4.79 Å². The van der Waals surface area contributed by atoms with E-state index in [1.165, 1.54) is 17.3 Å². The minimum atomic E-state index is -0.0609. The Balaban J connectivity index is 1.59. The molecule has 5 nitrogen and oxygen atoms in total. The van der Waals surface area contributed by atoms with E-state index >= 15 is 0 Å². The number of aryl methyl sites for hydroxylation is 2. The lowest BCUT2D eigenvalue weighted by atomic mass is 10.1. The first kappa shape index (κ1) is 19.5. The highest BCUT2D eigenvalue weighted by Crippen LogP contribution is 2.20. The van der Waals surface area contributed by atoms with Crippen LogP contribution in [0.2, 0.25) is 5.02 Å². The SMILES string of the molecule is Cc1ccc(NC(=O)CSc2nnc(Cc3ccc(Cl)cc3)n2C)c(C)c1. The van der Waals surface area contributed by atoms with Gasteiger partial charge in [0.05, 0.1) is 5.75 Å². The molecule has 0 fully saturated rings. The van der Waals surface area contributed by atoms with Crippen LogP contribution in [0.25, 0.3) is 0 Å². The van der Waals surface area contributed by atoms with Gasteiger partial charge in [-0.3, -0.25) is 4.79 Å². The lowest BCUT2D eigenvalue weighted by Crippen LogP contribution is -2.15. The lowest BCUT2D eigenvalue weighted by Gasteiger charge is -2.09. The van der Waals surface area contributed by atoms with Crippen LogP contribution in [-0.2, 0) is 18.3 Å². The molecule has 1 aromatic heterocycles. The number of carbonyl (C=O) groups excluding carboxylic acids is 1. The van der Waals surface area contributed by atoms with Gasteiger partial charge in [0.2, 0.25) is 5.91 Å². The number of amides is 1. The maximum Gasteiger partial charge on any atom is 0.234 e. The smallest absolute Gasteiger partial charge is 0.234 e. The molecule has 0 saturated heterocycles. The third-order valence-electron chi connectivity index (χ3n) is 4.19. The molecule has 1 heterocycles. The van der Waals surface area contributed by atoms with Crippen molar-refractivity contribution in [3.63, 3.8) is 0 Å². The van der Waals surface area contributed by atoms with Crippen LogP contribution in [0.3, 0.4) is 0 Å². The zero-order chi connectivity index (χ0) is 19.4. The molecule has 0 aliphatic heterocycles. The maximum atomic E-state index is 12.3. The summed E-state index contributed by atoms with van der Waals surface area (Å²) in [5.41, 5.74) is 4.18. The van der Waals surface area contributed by atoms with E-state index < -0.39 is 0 Å². The predicted molar refractivity (Wildman–Crippen MR) is 111 cm³/mol. The minimum absolute atomic E-state index is 0.0609. The van der Waals surface area contributed by atoms with Crippen LogP contribution in [0.15, 0.2) is 47.6 Å². The molecule has 1 N–H and O–H groups in total. The molecule has 0 atom stereocenters. The summed E-state index contributed by atoms with van der Waals surface area (Å²) in [7, 11) is 1.91. The molecule has 0 bridgehead atoms. The normalized spacial score (nSPS) is 10.8. The van der Waals surface area contributed by atoms with Gasteiger partial charge >= 0.3 is 0 Å². The van der Waals surface area contributed by atoms with Crippen molar-refractivity contribution in [2.24, 2.45) is 7.05 Å². The summed E-state index contributed by atoms with van der Waals surface area (Å²) >= 11 is 7.30. The highest BCUT2D eigenvalue weighted by atomic mass is 35.5. The van der Waals surface area contributed by atoms with Gasteiger partial charge in [0.15, 0.2) is 5.16 Å². The third kappa shape index (κ3) is 5.11. The Morgan fingerprint density at radius 2 is 1.89 bits per heavy atom. The number of carbonyl (C=O) groups is 1. The van der Waals surface area contributed by atoms with Gasteiger partial charge in [-0.05, 0) is 43.2 Å². The highest BCUT2D eigenvalue weighted by Gasteiger charge is 2.12. The summed E-state index contributed by atoms with van der Waals surface area (Å²) in [5.74, 6) is 1.06. The van der Waals surface area contributed by atoms with E-state index in [2.05, 4.69) is 21.6 Å². The second-order valence-electron chi connectivity index (χ2n) is 6.42. The van der Waals surface area contributed by atoms with Crippen molar-refractivity contribution in [1.82, 2.24) is 14.8 Å². The average Bonchev–Trinajstić information content (AvgIpc) is 2.97. The number of anilines is 1.